The number of rotatable bonds is 0. The zero-order chi connectivity index (χ0) is 13.1. The fraction of sp³-hybridized carbons (Fsp3) is 0.533. The van der Waals surface area contributed by atoms with Gasteiger partial charge in [0.25, 0.3) is 0 Å². The summed E-state index contributed by atoms with van der Waals surface area (Å²) >= 11 is 0. The summed E-state index contributed by atoms with van der Waals surface area (Å²) in [5.74, 6) is 0.686. The molecule has 2 unspecified atom stereocenters. The van der Waals surface area contributed by atoms with Gasteiger partial charge in [-0.2, -0.15) is 0 Å². The Morgan fingerprint density at radius 1 is 1.33 bits per heavy atom. The van der Waals surface area contributed by atoms with Crippen molar-refractivity contribution < 1.29 is 14.3 Å². The largest absolute Gasteiger partial charge is 0.469 e. The number of hydrogen-bond acceptors (Lipinski definition) is 3. The Balaban J connectivity index is 2.21. The number of hydrogen-bond donors (Lipinski definition) is 1. The van der Waals surface area contributed by atoms with Gasteiger partial charge in [-0.1, -0.05) is 18.6 Å². The molecule has 0 amide bonds. The topological polar surface area (TPSA) is 50.4 Å². The first kappa shape index (κ1) is 11.7. The second-order valence-electron chi connectivity index (χ2n) is 5.88. The van der Waals surface area contributed by atoms with Crippen molar-refractivity contribution in [2.24, 2.45) is 5.41 Å². The van der Waals surface area contributed by atoms with Crippen LogP contribution >= 0.6 is 0 Å². The Kier molecular flexibility index (Phi) is 2.18. The maximum Gasteiger partial charge on any atom is 0.169 e. The molecule has 0 saturated carbocycles. The molecule has 1 N–H and O–H groups in total. The fourth-order valence-corrected chi connectivity index (χ4v) is 3.35. The van der Waals surface area contributed by atoms with E-state index in [1.807, 2.05) is 26.8 Å². The number of aliphatic hydroxyl groups is 1. The van der Waals surface area contributed by atoms with Crippen LogP contribution in [0.4, 0.5) is 0 Å². The molecule has 0 aliphatic heterocycles. The van der Waals surface area contributed by atoms with E-state index in [2.05, 4.69) is 0 Å². The maximum atomic E-state index is 12.2. The molecule has 3 heteroatoms. The van der Waals surface area contributed by atoms with E-state index in [0.29, 0.717) is 19.3 Å². The molecule has 1 aromatic heterocycles. The van der Waals surface area contributed by atoms with Crippen LogP contribution in [0.3, 0.4) is 0 Å². The molecule has 0 saturated heterocycles. The van der Waals surface area contributed by atoms with Crippen LogP contribution in [0.2, 0.25) is 0 Å². The smallest absolute Gasteiger partial charge is 0.169 e. The lowest BCUT2D eigenvalue weighted by atomic mass is 9.56. The number of Topliss-reactive ketones (excluding diaryl/α,β-unsaturated/α-hetero) is 1. The number of allylic oxidation sites excluding steroid dienone is 1. The third kappa shape index (κ3) is 1.20. The lowest BCUT2D eigenvalue weighted by Gasteiger charge is -2.49. The van der Waals surface area contributed by atoms with E-state index in [4.69, 9.17) is 4.42 Å². The highest BCUT2D eigenvalue weighted by atomic mass is 16.3. The number of furan rings is 1. The zero-order valence-corrected chi connectivity index (χ0v) is 11.0. The second kappa shape index (κ2) is 3.35. The Bertz CT molecular complexity index is 566. The molecule has 0 aromatic carbocycles. The van der Waals surface area contributed by atoms with Gasteiger partial charge in [0.1, 0.15) is 11.4 Å². The van der Waals surface area contributed by atoms with E-state index in [9.17, 15) is 9.90 Å². The maximum absolute atomic E-state index is 12.2. The van der Waals surface area contributed by atoms with E-state index < -0.39 is 11.0 Å². The number of fused-ring (bicyclic) bond motifs is 2. The Hall–Kier alpha value is -1.35. The van der Waals surface area contributed by atoms with Crippen LogP contribution in [-0.2, 0) is 17.6 Å². The van der Waals surface area contributed by atoms with Crippen molar-refractivity contribution in [3.8, 4) is 0 Å². The Labute approximate surface area is 106 Å². The summed E-state index contributed by atoms with van der Waals surface area (Å²) < 4.78 is 5.50. The molecule has 3 rings (SSSR count). The molecule has 2 atom stereocenters. The van der Waals surface area contributed by atoms with Crippen LogP contribution in [0.1, 0.15) is 37.2 Å². The van der Waals surface area contributed by atoms with Crippen LogP contribution < -0.4 is 0 Å². The standard InChI is InChI=1S/C15H18O3/c1-9-8-18-12-7-15(17)13(16)5-4-10(2)14(15,3)6-11(9)12/h4,8,17H,5-7H2,1-3H3. The molecule has 1 aromatic rings. The van der Waals surface area contributed by atoms with Gasteiger partial charge in [-0.15, -0.1) is 0 Å². The number of carbonyl (C=O) groups excluding carboxylic acids is 1. The van der Waals surface area contributed by atoms with Crippen LogP contribution in [0.5, 0.6) is 0 Å². The van der Waals surface area contributed by atoms with E-state index >= 15 is 0 Å². The molecule has 3 nitrogen and oxygen atoms in total. The Morgan fingerprint density at radius 3 is 2.78 bits per heavy atom. The van der Waals surface area contributed by atoms with Crippen LogP contribution in [0, 0.1) is 12.3 Å². The van der Waals surface area contributed by atoms with Gasteiger partial charge >= 0.3 is 0 Å². The van der Waals surface area contributed by atoms with Gasteiger partial charge in [-0.3, -0.25) is 4.79 Å². The molecule has 18 heavy (non-hydrogen) atoms. The molecular weight excluding hydrogens is 228 g/mol. The molecular formula is C15H18O3. The summed E-state index contributed by atoms with van der Waals surface area (Å²) in [5.41, 5.74) is 1.58. The molecule has 2 aliphatic rings. The van der Waals surface area contributed by atoms with Crippen molar-refractivity contribution in [1.82, 2.24) is 0 Å². The van der Waals surface area contributed by atoms with E-state index in [1.165, 1.54) is 0 Å². The van der Waals surface area contributed by atoms with Crippen molar-refractivity contribution >= 4 is 5.78 Å². The number of aryl methyl sites for hydroxylation is 1. The number of ketones is 1. The summed E-state index contributed by atoms with van der Waals surface area (Å²) in [5, 5.41) is 10.9. The lowest BCUT2D eigenvalue weighted by Crippen LogP contribution is -2.59. The zero-order valence-electron chi connectivity index (χ0n) is 11.0. The predicted octanol–water partition coefficient (Wildman–Crippen LogP) is 2.34. The van der Waals surface area contributed by atoms with E-state index in [0.717, 1.165) is 22.5 Å². The van der Waals surface area contributed by atoms with Gasteiger partial charge < -0.3 is 9.52 Å². The third-order valence-electron chi connectivity index (χ3n) is 4.98. The van der Waals surface area contributed by atoms with Crippen molar-refractivity contribution in [3.05, 3.63) is 34.8 Å². The minimum Gasteiger partial charge on any atom is -0.469 e. The minimum absolute atomic E-state index is 0.0877. The van der Waals surface area contributed by atoms with Gasteiger partial charge in [-0.25, -0.2) is 0 Å². The average Bonchev–Trinajstić information content (AvgIpc) is 2.66. The van der Waals surface area contributed by atoms with Crippen LogP contribution in [-0.4, -0.2) is 16.5 Å². The van der Waals surface area contributed by atoms with Gasteiger partial charge in [0.15, 0.2) is 5.78 Å². The first-order valence-electron chi connectivity index (χ1n) is 6.37. The van der Waals surface area contributed by atoms with Gasteiger partial charge in [0.2, 0.25) is 0 Å². The van der Waals surface area contributed by atoms with Crippen molar-refractivity contribution in [2.75, 3.05) is 0 Å². The number of carbonyl (C=O) groups is 1. The Morgan fingerprint density at radius 2 is 2.06 bits per heavy atom. The van der Waals surface area contributed by atoms with E-state index in [1.54, 1.807) is 6.26 Å². The minimum atomic E-state index is -1.30. The molecule has 0 bridgehead atoms. The highest BCUT2D eigenvalue weighted by Crippen LogP contribution is 2.51. The normalized spacial score (nSPS) is 34.9. The van der Waals surface area contributed by atoms with Crippen LogP contribution in [0.15, 0.2) is 22.3 Å². The SMILES string of the molecule is CC1=CCC(=O)C2(O)Cc3occ(C)c3CC12C. The van der Waals surface area contributed by atoms with Gasteiger partial charge in [0, 0.05) is 18.3 Å². The van der Waals surface area contributed by atoms with Crippen molar-refractivity contribution in [2.45, 2.75) is 45.6 Å². The van der Waals surface area contributed by atoms with Crippen molar-refractivity contribution in [1.29, 1.82) is 0 Å². The first-order valence-corrected chi connectivity index (χ1v) is 6.37. The van der Waals surface area contributed by atoms with Gasteiger partial charge in [0.05, 0.1) is 6.26 Å². The summed E-state index contributed by atoms with van der Waals surface area (Å²) in [7, 11) is 0. The molecule has 1 heterocycles. The average molecular weight is 246 g/mol. The predicted molar refractivity (Wildman–Crippen MR) is 67.3 cm³/mol. The molecule has 0 spiro atoms. The van der Waals surface area contributed by atoms with E-state index in [-0.39, 0.29) is 5.78 Å². The molecule has 96 valence electrons. The summed E-state index contributed by atoms with van der Waals surface area (Å²) in [6.45, 7) is 6.02. The third-order valence-corrected chi connectivity index (χ3v) is 4.98. The fourth-order valence-electron chi connectivity index (χ4n) is 3.35. The highest BCUT2D eigenvalue weighted by Gasteiger charge is 2.57. The lowest BCUT2D eigenvalue weighted by molar-refractivity contribution is -0.152. The monoisotopic (exact) mass is 246 g/mol. The second-order valence-corrected chi connectivity index (χ2v) is 5.88. The highest BCUT2D eigenvalue weighted by molar-refractivity contribution is 5.92. The summed E-state index contributed by atoms with van der Waals surface area (Å²) in [4.78, 5) is 12.2. The summed E-state index contributed by atoms with van der Waals surface area (Å²) in [6, 6.07) is 0. The molecule has 2 aliphatic carbocycles. The molecule has 0 radical (unpaired) electrons. The first-order chi connectivity index (χ1) is 8.38. The van der Waals surface area contributed by atoms with Crippen molar-refractivity contribution in [3.63, 3.8) is 0 Å². The van der Waals surface area contributed by atoms with Crippen LogP contribution in [0.25, 0.3) is 0 Å². The molecule has 0 fully saturated rings. The van der Waals surface area contributed by atoms with Gasteiger partial charge in [-0.05, 0) is 31.4 Å². The quantitative estimate of drug-likeness (QED) is 0.715. The summed E-state index contributed by atoms with van der Waals surface area (Å²) in [6.07, 6.45) is 4.98.